The number of amides is 1. The van der Waals surface area contributed by atoms with Gasteiger partial charge in [0.25, 0.3) is 5.24 Å². The Morgan fingerprint density at radius 1 is 1.57 bits per heavy atom. The molecule has 0 bridgehead atoms. The van der Waals surface area contributed by atoms with E-state index in [1.165, 1.54) is 18.2 Å². The van der Waals surface area contributed by atoms with Crippen molar-refractivity contribution >= 4 is 17.0 Å². The van der Waals surface area contributed by atoms with Crippen LogP contribution in [0.15, 0.2) is 12.2 Å². The van der Waals surface area contributed by atoms with Crippen LogP contribution >= 0.6 is 11.8 Å². The predicted octanol–water partition coefficient (Wildman–Crippen LogP) is 1.89. The highest BCUT2D eigenvalue weighted by molar-refractivity contribution is 8.12. The van der Waals surface area contributed by atoms with Gasteiger partial charge < -0.3 is 11.1 Å². The molecule has 80 valence electrons. The van der Waals surface area contributed by atoms with E-state index in [-0.39, 0.29) is 17.3 Å². The van der Waals surface area contributed by atoms with Gasteiger partial charge in [-0.05, 0) is 25.5 Å². The SMILES string of the molecule is CSC(=O)N[C@@H]1CCCC/C=C/C1N. The van der Waals surface area contributed by atoms with E-state index in [1.807, 2.05) is 6.08 Å². The van der Waals surface area contributed by atoms with Crippen molar-refractivity contribution < 1.29 is 4.79 Å². The van der Waals surface area contributed by atoms with E-state index >= 15 is 0 Å². The van der Waals surface area contributed by atoms with Gasteiger partial charge in [0.05, 0.1) is 0 Å². The van der Waals surface area contributed by atoms with Crippen molar-refractivity contribution in [1.29, 1.82) is 0 Å². The fourth-order valence-electron chi connectivity index (χ4n) is 1.59. The normalized spacial score (nSPS) is 30.1. The Morgan fingerprint density at radius 3 is 3.07 bits per heavy atom. The topological polar surface area (TPSA) is 55.1 Å². The molecule has 1 aliphatic rings. The molecule has 3 nitrogen and oxygen atoms in total. The minimum atomic E-state index is -0.0357. The molecule has 1 aliphatic carbocycles. The Hall–Kier alpha value is -0.480. The average molecular weight is 214 g/mol. The van der Waals surface area contributed by atoms with Gasteiger partial charge in [0.1, 0.15) is 0 Å². The van der Waals surface area contributed by atoms with Crippen LogP contribution in [0.25, 0.3) is 0 Å². The molecule has 4 heteroatoms. The molecule has 0 heterocycles. The maximum Gasteiger partial charge on any atom is 0.279 e. The highest BCUT2D eigenvalue weighted by Crippen LogP contribution is 2.12. The largest absolute Gasteiger partial charge is 0.342 e. The summed E-state index contributed by atoms with van der Waals surface area (Å²) in [6.07, 6.45) is 10.3. The first kappa shape index (κ1) is 11.6. The van der Waals surface area contributed by atoms with E-state index in [4.69, 9.17) is 5.73 Å². The monoisotopic (exact) mass is 214 g/mol. The maximum absolute atomic E-state index is 11.2. The standard InChI is InChI=1S/C10H18N2OS/c1-14-10(13)12-9-7-5-3-2-4-6-8(9)11/h4,6,8-9H,2-3,5,7,11H2,1H3,(H,12,13)/b6-4+/t8?,9-/m1/s1. The lowest BCUT2D eigenvalue weighted by Gasteiger charge is -2.23. The second-order valence-electron chi connectivity index (χ2n) is 3.53. The molecule has 0 aromatic rings. The second-order valence-corrected chi connectivity index (χ2v) is 4.31. The lowest BCUT2D eigenvalue weighted by atomic mass is 9.98. The molecule has 1 amide bonds. The number of hydrogen-bond donors (Lipinski definition) is 2. The Labute approximate surface area is 89.5 Å². The summed E-state index contributed by atoms with van der Waals surface area (Å²) in [4.78, 5) is 11.2. The zero-order chi connectivity index (χ0) is 10.4. The fraction of sp³-hybridized carbons (Fsp3) is 0.700. The summed E-state index contributed by atoms with van der Waals surface area (Å²) in [6.45, 7) is 0. The van der Waals surface area contributed by atoms with E-state index in [2.05, 4.69) is 11.4 Å². The quantitative estimate of drug-likeness (QED) is 0.655. The molecule has 14 heavy (non-hydrogen) atoms. The second kappa shape index (κ2) is 6.09. The van der Waals surface area contributed by atoms with Crippen LogP contribution in [0.4, 0.5) is 4.79 Å². The number of carbonyl (C=O) groups excluding carboxylic acids is 1. The Kier molecular flexibility index (Phi) is 5.04. The van der Waals surface area contributed by atoms with Crippen molar-refractivity contribution in [2.24, 2.45) is 5.73 Å². The van der Waals surface area contributed by atoms with Crippen LogP contribution in [0, 0.1) is 0 Å². The number of carbonyl (C=O) groups is 1. The van der Waals surface area contributed by atoms with Gasteiger partial charge in [0.15, 0.2) is 0 Å². The minimum absolute atomic E-state index is 0.0134. The van der Waals surface area contributed by atoms with Gasteiger partial charge >= 0.3 is 0 Å². The van der Waals surface area contributed by atoms with Crippen LogP contribution in [0.3, 0.4) is 0 Å². The number of nitrogens with one attached hydrogen (secondary N) is 1. The highest BCUT2D eigenvalue weighted by atomic mass is 32.2. The first-order valence-corrected chi connectivity index (χ1v) is 6.23. The molecule has 2 atom stereocenters. The van der Waals surface area contributed by atoms with E-state index in [0.29, 0.717) is 0 Å². The molecule has 1 rings (SSSR count). The molecule has 0 aromatic carbocycles. The Balaban J connectivity index is 2.50. The lowest BCUT2D eigenvalue weighted by molar-refractivity contribution is 0.255. The summed E-state index contributed by atoms with van der Waals surface area (Å²) in [5, 5.41) is 2.95. The molecule has 0 fully saturated rings. The minimum Gasteiger partial charge on any atom is -0.342 e. The average Bonchev–Trinajstić information content (AvgIpc) is 2.17. The summed E-state index contributed by atoms with van der Waals surface area (Å²) in [5.74, 6) is 0. The van der Waals surface area contributed by atoms with Crippen molar-refractivity contribution in [2.75, 3.05) is 6.26 Å². The van der Waals surface area contributed by atoms with Gasteiger partial charge in [-0.25, -0.2) is 0 Å². The van der Waals surface area contributed by atoms with E-state index in [0.717, 1.165) is 19.3 Å². The summed E-state index contributed by atoms with van der Waals surface area (Å²) >= 11 is 1.20. The van der Waals surface area contributed by atoms with Crippen molar-refractivity contribution in [3.8, 4) is 0 Å². The van der Waals surface area contributed by atoms with E-state index in [1.54, 1.807) is 6.26 Å². The smallest absolute Gasteiger partial charge is 0.279 e. The molecule has 0 spiro atoms. The van der Waals surface area contributed by atoms with Gasteiger partial charge in [0, 0.05) is 12.1 Å². The van der Waals surface area contributed by atoms with Crippen LogP contribution < -0.4 is 11.1 Å². The molecular weight excluding hydrogens is 196 g/mol. The summed E-state index contributed by atoms with van der Waals surface area (Å²) in [7, 11) is 0. The number of nitrogens with two attached hydrogens (primary N) is 1. The van der Waals surface area contributed by atoms with Crippen LogP contribution in [-0.2, 0) is 0 Å². The molecule has 0 aliphatic heterocycles. The van der Waals surface area contributed by atoms with Gasteiger partial charge in [-0.1, -0.05) is 30.3 Å². The molecule has 0 aromatic heterocycles. The summed E-state index contributed by atoms with van der Waals surface area (Å²) in [6, 6.07) is 0.0675. The van der Waals surface area contributed by atoms with E-state index < -0.39 is 0 Å². The molecular formula is C10H18N2OS. The summed E-state index contributed by atoms with van der Waals surface area (Å²) < 4.78 is 0. The first-order chi connectivity index (χ1) is 6.74. The first-order valence-electron chi connectivity index (χ1n) is 5.01. The van der Waals surface area contributed by atoms with Gasteiger partial charge in [0.2, 0.25) is 0 Å². The number of rotatable bonds is 1. The van der Waals surface area contributed by atoms with Gasteiger partial charge in [-0.15, -0.1) is 0 Å². The van der Waals surface area contributed by atoms with Gasteiger partial charge in [-0.2, -0.15) is 0 Å². The molecule has 1 unspecified atom stereocenters. The number of hydrogen-bond acceptors (Lipinski definition) is 3. The fourth-order valence-corrected chi connectivity index (χ4v) is 1.85. The zero-order valence-electron chi connectivity index (χ0n) is 8.53. The lowest BCUT2D eigenvalue weighted by Crippen LogP contribution is -2.45. The highest BCUT2D eigenvalue weighted by Gasteiger charge is 2.18. The van der Waals surface area contributed by atoms with Gasteiger partial charge in [-0.3, -0.25) is 4.79 Å². The Bertz CT molecular complexity index is 218. The van der Waals surface area contributed by atoms with Crippen LogP contribution in [-0.4, -0.2) is 23.6 Å². The van der Waals surface area contributed by atoms with E-state index in [9.17, 15) is 4.79 Å². The third-order valence-corrected chi connectivity index (χ3v) is 2.94. The molecule has 0 radical (unpaired) electrons. The molecule has 3 N–H and O–H groups in total. The molecule has 0 saturated carbocycles. The van der Waals surface area contributed by atoms with Crippen LogP contribution in [0.1, 0.15) is 25.7 Å². The van der Waals surface area contributed by atoms with Crippen LogP contribution in [0.2, 0.25) is 0 Å². The van der Waals surface area contributed by atoms with Crippen molar-refractivity contribution in [3.05, 3.63) is 12.2 Å². The van der Waals surface area contributed by atoms with Crippen molar-refractivity contribution in [1.82, 2.24) is 5.32 Å². The Morgan fingerprint density at radius 2 is 2.36 bits per heavy atom. The van der Waals surface area contributed by atoms with Crippen molar-refractivity contribution in [2.45, 2.75) is 37.8 Å². The predicted molar refractivity (Wildman–Crippen MR) is 61.4 cm³/mol. The maximum atomic E-state index is 11.2. The van der Waals surface area contributed by atoms with Crippen LogP contribution in [0.5, 0.6) is 0 Å². The number of thioether (sulfide) groups is 1. The summed E-state index contributed by atoms with van der Waals surface area (Å²) in [5.41, 5.74) is 5.94. The number of allylic oxidation sites excluding steroid dienone is 1. The van der Waals surface area contributed by atoms with Crippen molar-refractivity contribution in [3.63, 3.8) is 0 Å². The third kappa shape index (κ3) is 3.72. The zero-order valence-corrected chi connectivity index (χ0v) is 9.35. The third-order valence-electron chi connectivity index (χ3n) is 2.45. The molecule has 0 saturated heterocycles.